The topological polar surface area (TPSA) is 252 Å². The molecule has 94 heavy (non-hydrogen) atoms. The first-order chi connectivity index (χ1) is 45.7. The molecule has 0 fully saturated rings. The van der Waals surface area contributed by atoms with Gasteiger partial charge in [0.05, 0.1) is 9.85 Å². The van der Waals surface area contributed by atoms with E-state index in [0.29, 0.717) is 38.5 Å². The fourth-order valence-corrected chi connectivity index (χ4v) is 13.0. The molecule has 0 rings (SSSR count). The van der Waals surface area contributed by atoms with Gasteiger partial charge in [-0.3, -0.25) is 39.4 Å². The van der Waals surface area contributed by atoms with Gasteiger partial charge in [0.15, 0.2) is 0 Å². The molecule has 0 aliphatic heterocycles. The molecule has 0 aromatic carbocycles. The van der Waals surface area contributed by atoms with Gasteiger partial charge in [0.1, 0.15) is 6.61 Å². The van der Waals surface area contributed by atoms with Crippen LogP contribution in [0.25, 0.3) is 0 Å². The van der Waals surface area contributed by atoms with Crippen molar-refractivity contribution >= 4 is 23.9 Å². The van der Waals surface area contributed by atoms with Gasteiger partial charge < -0.3 is 34.3 Å². The van der Waals surface area contributed by atoms with E-state index in [0.717, 1.165) is 116 Å². The van der Waals surface area contributed by atoms with Gasteiger partial charge in [0, 0.05) is 25.7 Å². The fraction of sp³-hybridized carbons (Fsp3) is 0.948. The van der Waals surface area contributed by atoms with Crippen LogP contribution in [0.4, 0.5) is 0 Å². The van der Waals surface area contributed by atoms with Crippen LogP contribution in [0.1, 0.15) is 439 Å². The molecule has 0 amide bonds. The van der Waals surface area contributed by atoms with Crippen molar-refractivity contribution in [3.05, 3.63) is 20.2 Å². The standard InChI is InChI=1S/C77H146N2O15/c1-5-9-13-17-21-25-29-33-37-41-45-49-53-57-61-65-70(81)91-74(85)76(78(87)88,93-72(83)67-63-59-55-51-47-43-39-35-31-27-23-19-15-11-7-3)77(79(89)90,94-73(84)68-64-60-56-52-48-44-40-36-32-28-24-20-16-12-8-4)75(86,69-80)92-71(82)66-62-58-54-50-46-42-38-34-30-26-22-18-14-10-6-2/h74,80,85-86H,5-69H2,1-4H3. The molecule has 4 unspecified atom stereocenters. The highest BCUT2D eigenvalue weighted by Crippen LogP contribution is 2.45. The summed E-state index contributed by atoms with van der Waals surface area (Å²) in [4.78, 5) is 80.4. The lowest BCUT2D eigenvalue weighted by Gasteiger charge is -2.42. The van der Waals surface area contributed by atoms with Crippen LogP contribution in [0.3, 0.4) is 0 Å². The van der Waals surface area contributed by atoms with Gasteiger partial charge in [-0.05, 0) is 25.7 Å². The van der Waals surface area contributed by atoms with Gasteiger partial charge in [0.2, 0.25) is 0 Å². The highest BCUT2D eigenvalue weighted by molar-refractivity contribution is 5.73. The molecule has 0 bridgehead atoms. The zero-order valence-electron chi connectivity index (χ0n) is 61.2. The van der Waals surface area contributed by atoms with Crippen molar-refractivity contribution in [2.45, 2.75) is 462 Å². The number of nitrogens with zero attached hydrogens (tertiary/aromatic N) is 2. The highest BCUT2D eigenvalue weighted by atomic mass is 16.8. The van der Waals surface area contributed by atoms with Gasteiger partial charge in [-0.25, -0.2) is 0 Å². The number of rotatable bonds is 74. The first-order valence-corrected chi connectivity index (χ1v) is 39.8. The zero-order valence-corrected chi connectivity index (χ0v) is 61.2. The molecule has 0 aromatic heterocycles. The smallest absolute Gasteiger partial charge is 0.423 e. The number of hydrogen-bond acceptors (Lipinski definition) is 15. The van der Waals surface area contributed by atoms with Gasteiger partial charge in [0.25, 0.3) is 0 Å². The number of aliphatic hydroxyl groups is 3. The normalized spacial score (nSPS) is 13.8. The minimum Gasteiger partial charge on any atom is -0.423 e. The molecule has 4 atom stereocenters. The van der Waals surface area contributed by atoms with Crippen LogP contribution in [-0.2, 0) is 38.1 Å². The van der Waals surface area contributed by atoms with Crippen LogP contribution in [0.5, 0.6) is 0 Å². The summed E-state index contributed by atoms with van der Waals surface area (Å²) in [7, 11) is 0. The Kier molecular flexibility index (Phi) is 61.9. The lowest BCUT2D eigenvalue weighted by molar-refractivity contribution is -0.789. The molecular formula is C77H146N2O15. The number of carbonyl (C=O) groups is 4. The SMILES string of the molecule is CCCCCCCCCCCCCCCCCC(=O)OC(O)C(OC(=O)CCCCCCCCCCCCCCCCC)([N+](=O)[O-])C(OC(=O)CCCCCCCCCCCCCCCCC)([N+](=O)[O-])C(O)(CO)OC(=O)CCCCCCCCCCCCCCCCC. The van der Waals surface area contributed by atoms with Crippen LogP contribution < -0.4 is 0 Å². The van der Waals surface area contributed by atoms with E-state index >= 15 is 0 Å². The van der Waals surface area contributed by atoms with Gasteiger partial charge >= 0.3 is 47.4 Å². The summed E-state index contributed by atoms with van der Waals surface area (Å²) >= 11 is 0. The Balaban J connectivity index is 6.56. The minimum atomic E-state index is -4.66. The predicted molar refractivity (Wildman–Crippen MR) is 380 cm³/mol. The quantitative estimate of drug-likeness (QED) is 0.0128. The Labute approximate surface area is 573 Å². The summed E-state index contributed by atoms with van der Waals surface area (Å²) in [6.45, 7) is 6.85. The van der Waals surface area contributed by atoms with Gasteiger partial charge in [-0.1, -0.05) is 387 Å². The fourth-order valence-electron chi connectivity index (χ4n) is 13.0. The number of unbranched alkanes of at least 4 members (excludes halogenated alkanes) is 56. The summed E-state index contributed by atoms with van der Waals surface area (Å²) in [5.41, 5.74) is -9.21. The molecule has 0 radical (unpaired) electrons. The molecular weight excluding hydrogens is 1190 g/mol. The summed E-state index contributed by atoms with van der Waals surface area (Å²) in [5.74, 6) is -9.88. The Hall–Kier alpha value is -3.44. The molecule has 0 saturated carbocycles. The summed E-state index contributed by atoms with van der Waals surface area (Å²) < 4.78 is 21.4. The van der Waals surface area contributed by atoms with Gasteiger partial charge in [-0.2, -0.15) is 0 Å². The second-order valence-electron chi connectivity index (χ2n) is 27.9. The van der Waals surface area contributed by atoms with Crippen molar-refractivity contribution < 1.29 is 63.3 Å². The average molecular weight is 1340 g/mol. The summed E-state index contributed by atoms with van der Waals surface area (Å²) in [5, 5.41) is 63.6. The van der Waals surface area contributed by atoms with Crippen molar-refractivity contribution in [2.24, 2.45) is 0 Å². The van der Waals surface area contributed by atoms with Crippen molar-refractivity contribution in [3.63, 3.8) is 0 Å². The Morgan fingerprint density at radius 2 is 0.500 bits per heavy atom. The zero-order chi connectivity index (χ0) is 69.3. The third-order valence-electron chi connectivity index (χ3n) is 19.1. The van der Waals surface area contributed by atoms with Crippen LogP contribution in [-0.4, -0.2) is 79.2 Å². The molecule has 0 saturated heterocycles. The second kappa shape index (κ2) is 64.2. The monoisotopic (exact) mass is 1340 g/mol. The molecule has 554 valence electrons. The Morgan fingerprint density at radius 1 is 0.309 bits per heavy atom. The molecule has 0 spiro atoms. The Morgan fingerprint density at radius 3 is 0.702 bits per heavy atom. The maximum Gasteiger partial charge on any atom is 0.548 e. The maximum atomic E-state index is 14.2. The van der Waals surface area contributed by atoms with Crippen molar-refractivity contribution in [2.75, 3.05) is 6.61 Å². The number of ether oxygens (including phenoxy) is 4. The molecule has 0 heterocycles. The lowest BCUT2D eigenvalue weighted by Crippen LogP contribution is -2.82. The molecule has 17 heteroatoms. The van der Waals surface area contributed by atoms with Crippen LogP contribution in [0.2, 0.25) is 0 Å². The third-order valence-corrected chi connectivity index (χ3v) is 19.1. The number of nitro groups is 2. The highest BCUT2D eigenvalue weighted by Gasteiger charge is 2.93. The maximum absolute atomic E-state index is 14.2. The third kappa shape index (κ3) is 45.2. The molecule has 0 aliphatic rings. The van der Waals surface area contributed by atoms with E-state index < -0.39 is 89.5 Å². The molecule has 17 nitrogen and oxygen atoms in total. The number of aliphatic hydroxyl groups excluding tert-OH is 2. The van der Waals surface area contributed by atoms with Gasteiger partial charge in [-0.15, -0.1) is 0 Å². The summed E-state index contributed by atoms with van der Waals surface area (Å²) in [6, 6.07) is 0. The average Bonchev–Trinajstić information content (AvgIpc) is 0.703. The first-order valence-electron chi connectivity index (χ1n) is 39.8. The van der Waals surface area contributed by atoms with Crippen molar-refractivity contribution in [3.8, 4) is 0 Å². The van der Waals surface area contributed by atoms with E-state index in [1.165, 1.54) is 205 Å². The molecule has 0 aliphatic carbocycles. The number of esters is 4. The van der Waals surface area contributed by atoms with E-state index in [1.807, 2.05) is 0 Å². The lowest BCUT2D eigenvalue weighted by atomic mass is 9.89. The van der Waals surface area contributed by atoms with Crippen LogP contribution in [0, 0.1) is 20.2 Å². The first kappa shape index (κ1) is 90.6. The minimum absolute atomic E-state index is 0.0719. The predicted octanol–water partition coefficient (Wildman–Crippen LogP) is 22.2. The van der Waals surface area contributed by atoms with E-state index in [4.69, 9.17) is 18.9 Å². The van der Waals surface area contributed by atoms with E-state index in [1.54, 1.807) is 0 Å². The van der Waals surface area contributed by atoms with Crippen LogP contribution >= 0.6 is 0 Å². The largest absolute Gasteiger partial charge is 0.548 e. The van der Waals surface area contributed by atoms with E-state index in [-0.39, 0.29) is 25.7 Å². The number of hydrogen-bond donors (Lipinski definition) is 3. The molecule has 0 aromatic rings. The van der Waals surface area contributed by atoms with E-state index in [9.17, 15) is 54.7 Å². The number of carbonyl (C=O) groups excluding carboxylic acids is 4. The summed E-state index contributed by atoms with van der Waals surface area (Å²) in [6.07, 6.45) is 56.1. The molecule has 3 N–H and O–H groups in total. The second-order valence-corrected chi connectivity index (χ2v) is 27.9. The van der Waals surface area contributed by atoms with Crippen molar-refractivity contribution in [1.82, 2.24) is 0 Å². The van der Waals surface area contributed by atoms with E-state index in [2.05, 4.69) is 27.7 Å². The van der Waals surface area contributed by atoms with Crippen LogP contribution in [0.15, 0.2) is 0 Å². The Bertz CT molecular complexity index is 1810. The van der Waals surface area contributed by atoms with Crippen molar-refractivity contribution in [1.29, 1.82) is 0 Å².